The Kier molecular flexibility index (Phi) is 6.37. The third-order valence-corrected chi connectivity index (χ3v) is 8.12. The molecule has 7 aromatic rings. The number of amides is 1. The van der Waals surface area contributed by atoms with Gasteiger partial charge in [0.1, 0.15) is 11.2 Å². The summed E-state index contributed by atoms with van der Waals surface area (Å²) in [5.41, 5.74) is 7.66. The summed E-state index contributed by atoms with van der Waals surface area (Å²) in [5.74, 6) is -0.0817. The van der Waals surface area contributed by atoms with Crippen LogP contribution in [0.2, 0.25) is 0 Å². The molecule has 42 heavy (non-hydrogen) atoms. The number of nitrogens with zero attached hydrogens (tertiary/aromatic N) is 4. The van der Waals surface area contributed by atoms with Gasteiger partial charge in [0.05, 0.1) is 50.7 Å². The molecule has 0 aliphatic heterocycles. The number of aromatic amines is 2. The average molecular weight is 570 g/mol. The Morgan fingerprint density at radius 2 is 1.81 bits per heavy atom. The number of pyridine rings is 3. The van der Waals surface area contributed by atoms with Crippen molar-refractivity contribution in [2.75, 3.05) is 5.32 Å². The lowest BCUT2D eigenvalue weighted by atomic mass is 10.1. The van der Waals surface area contributed by atoms with E-state index in [-0.39, 0.29) is 18.1 Å². The Bertz CT molecular complexity index is 2110. The maximum absolute atomic E-state index is 12.6. The number of aromatic nitrogens is 6. The molecule has 10 heteroatoms. The lowest BCUT2D eigenvalue weighted by molar-refractivity contribution is -0.115. The minimum absolute atomic E-state index is 0.0355. The second kappa shape index (κ2) is 10.5. The van der Waals surface area contributed by atoms with Crippen LogP contribution in [0.1, 0.15) is 22.2 Å². The summed E-state index contributed by atoms with van der Waals surface area (Å²) in [6.07, 6.45) is 5.37. The van der Waals surface area contributed by atoms with Gasteiger partial charge in [-0.15, -0.1) is 11.3 Å². The molecule has 1 amide bonds. The molecule has 6 aromatic heterocycles. The number of nitrogens with one attached hydrogen (secondary N) is 3. The number of fused-ring (bicyclic) bond motifs is 2. The predicted octanol–water partition coefficient (Wildman–Crippen LogP) is 6.68. The standard InChI is InChI=1S/C32H23N7O2S/c1-18(40)27-9-10-28(42-27)30-22-15-26(36-24(22)11-12-34-30)32-31-25(38-39-32)8-7-23(37-31)20-14-21(17-33-16-20)35-29(41)13-19-5-3-2-4-6-19/h2-12,14-17,36H,13H2,1H3,(H,35,41)(H,38,39). The number of carbonyl (C=O) groups is 2. The lowest BCUT2D eigenvalue weighted by Gasteiger charge is -2.07. The number of hydrogen-bond donors (Lipinski definition) is 3. The van der Waals surface area contributed by atoms with Gasteiger partial charge in [-0.2, -0.15) is 5.10 Å². The number of ketones is 1. The normalized spacial score (nSPS) is 11.3. The number of rotatable bonds is 7. The summed E-state index contributed by atoms with van der Waals surface area (Å²) in [6.45, 7) is 1.57. The van der Waals surface area contributed by atoms with Crippen molar-refractivity contribution < 1.29 is 9.59 Å². The topological polar surface area (TPSA) is 129 Å². The van der Waals surface area contributed by atoms with Gasteiger partial charge in [0.15, 0.2) is 5.78 Å². The molecule has 0 saturated heterocycles. The first-order valence-electron chi connectivity index (χ1n) is 13.3. The van der Waals surface area contributed by atoms with E-state index in [0.717, 1.165) is 43.8 Å². The van der Waals surface area contributed by atoms with Crippen molar-refractivity contribution in [1.82, 2.24) is 30.1 Å². The van der Waals surface area contributed by atoms with Crippen LogP contribution in [0, 0.1) is 0 Å². The van der Waals surface area contributed by atoms with Crippen molar-refractivity contribution in [3.05, 3.63) is 102 Å². The summed E-state index contributed by atoms with van der Waals surface area (Å²) in [5, 5.41) is 11.5. The SMILES string of the molecule is CC(=O)c1ccc(-c2nccc3[nH]c(-c4n[nH]c5ccc(-c6cncc(NC(=O)Cc7ccccc7)c6)nc45)cc23)s1. The quantitative estimate of drug-likeness (QED) is 0.184. The van der Waals surface area contributed by atoms with Gasteiger partial charge >= 0.3 is 0 Å². The lowest BCUT2D eigenvalue weighted by Crippen LogP contribution is -2.14. The highest BCUT2D eigenvalue weighted by molar-refractivity contribution is 7.17. The number of anilines is 1. The molecule has 0 unspecified atom stereocenters. The van der Waals surface area contributed by atoms with Gasteiger partial charge in [-0.25, -0.2) is 4.98 Å². The van der Waals surface area contributed by atoms with E-state index in [2.05, 4.69) is 30.5 Å². The first kappa shape index (κ1) is 25.5. The van der Waals surface area contributed by atoms with Crippen LogP contribution in [0.15, 0.2) is 91.4 Å². The molecule has 0 bridgehead atoms. The zero-order chi connectivity index (χ0) is 28.6. The summed E-state index contributed by atoms with van der Waals surface area (Å²) in [4.78, 5) is 43.4. The molecule has 204 valence electrons. The summed E-state index contributed by atoms with van der Waals surface area (Å²) in [7, 11) is 0. The van der Waals surface area contributed by atoms with Gasteiger partial charge in [-0.1, -0.05) is 30.3 Å². The molecule has 7 rings (SSSR count). The fourth-order valence-electron chi connectivity index (χ4n) is 4.91. The third-order valence-electron chi connectivity index (χ3n) is 6.92. The van der Waals surface area contributed by atoms with E-state index in [1.54, 1.807) is 25.5 Å². The van der Waals surface area contributed by atoms with Gasteiger partial charge in [0, 0.05) is 28.9 Å². The second-order valence-electron chi connectivity index (χ2n) is 9.86. The molecule has 6 heterocycles. The number of Topliss-reactive ketones (excluding diaryl/α,β-unsaturated/α-hetero) is 1. The molecule has 0 aliphatic rings. The van der Waals surface area contributed by atoms with Crippen molar-refractivity contribution in [1.29, 1.82) is 0 Å². The van der Waals surface area contributed by atoms with Crippen molar-refractivity contribution >= 4 is 50.7 Å². The molecule has 0 radical (unpaired) electrons. The first-order chi connectivity index (χ1) is 20.5. The zero-order valence-electron chi connectivity index (χ0n) is 22.4. The zero-order valence-corrected chi connectivity index (χ0v) is 23.2. The van der Waals surface area contributed by atoms with Crippen LogP contribution in [-0.4, -0.2) is 41.8 Å². The maximum Gasteiger partial charge on any atom is 0.228 e. The van der Waals surface area contributed by atoms with Crippen LogP contribution in [0.3, 0.4) is 0 Å². The number of benzene rings is 1. The fourth-order valence-corrected chi connectivity index (χ4v) is 5.83. The van der Waals surface area contributed by atoms with Crippen LogP contribution < -0.4 is 5.32 Å². The molecular weight excluding hydrogens is 546 g/mol. The van der Waals surface area contributed by atoms with Gasteiger partial charge in [-0.05, 0) is 55.0 Å². The predicted molar refractivity (Wildman–Crippen MR) is 164 cm³/mol. The Balaban J connectivity index is 1.21. The molecule has 0 atom stereocenters. The largest absolute Gasteiger partial charge is 0.353 e. The summed E-state index contributed by atoms with van der Waals surface area (Å²) >= 11 is 1.43. The van der Waals surface area contributed by atoms with Crippen LogP contribution in [0.5, 0.6) is 0 Å². The smallest absolute Gasteiger partial charge is 0.228 e. The van der Waals surface area contributed by atoms with E-state index >= 15 is 0 Å². The van der Waals surface area contributed by atoms with Gasteiger partial charge in [0.2, 0.25) is 5.91 Å². The highest BCUT2D eigenvalue weighted by Gasteiger charge is 2.17. The van der Waals surface area contributed by atoms with Gasteiger partial charge < -0.3 is 10.3 Å². The average Bonchev–Trinajstić information content (AvgIpc) is 3.75. The van der Waals surface area contributed by atoms with E-state index in [0.29, 0.717) is 27.5 Å². The molecule has 1 aromatic carbocycles. The first-order valence-corrected chi connectivity index (χ1v) is 14.1. The highest BCUT2D eigenvalue weighted by Crippen LogP contribution is 2.35. The second-order valence-corrected chi connectivity index (χ2v) is 10.9. The molecule has 0 spiro atoms. The molecular formula is C32H23N7O2S. The summed E-state index contributed by atoms with van der Waals surface area (Å²) < 4.78 is 0. The van der Waals surface area contributed by atoms with Crippen LogP contribution in [-0.2, 0) is 11.2 Å². The van der Waals surface area contributed by atoms with Crippen LogP contribution >= 0.6 is 11.3 Å². The number of carbonyl (C=O) groups excluding carboxylic acids is 2. The number of hydrogen-bond acceptors (Lipinski definition) is 7. The van der Waals surface area contributed by atoms with Crippen LogP contribution in [0.4, 0.5) is 5.69 Å². The molecule has 0 saturated carbocycles. The van der Waals surface area contributed by atoms with Gasteiger partial charge in [-0.3, -0.25) is 24.7 Å². The van der Waals surface area contributed by atoms with Crippen molar-refractivity contribution in [3.63, 3.8) is 0 Å². The van der Waals surface area contributed by atoms with E-state index in [1.807, 2.05) is 72.8 Å². The molecule has 0 aliphatic carbocycles. The van der Waals surface area contributed by atoms with E-state index in [1.165, 1.54) is 11.3 Å². The Hall–Kier alpha value is -5.48. The maximum atomic E-state index is 12.6. The van der Waals surface area contributed by atoms with Crippen molar-refractivity contribution in [3.8, 4) is 33.2 Å². The Labute approximate surface area is 243 Å². The third kappa shape index (κ3) is 4.84. The molecule has 0 fully saturated rings. The minimum atomic E-state index is -0.117. The van der Waals surface area contributed by atoms with Crippen molar-refractivity contribution in [2.45, 2.75) is 13.3 Å². The summed E-state index contributed by atoms with van der Waals surface area (Å²) in [6, 6.07) is 23.0. The van der Waals surface area contributed by atoms with E-state index < -0.39 is 0 Å². The Morgan fingerprint density at radius 3 is 2.64 bits per heavy atom. The number of H-pyrrole nitrogens is 2. The van der Waals surface area contributed by atoms with E-state index in [9.17, 15) is 9.59 Å². The van der Waals surface area contributed by atoms with Crippen molar-refractivity contribution in [2.24, 2.45) is 0 Å². The Morgan fingerprint density at radius 1 is 0.929 bits per heavy atom. The molecule has 3 N–H and O–H groups in total. The van der Waals surface area contributed by atoms with Crippen LogP contribution in [0.25, 0.3) is 55.2 Å². The molecule has 9 nitrogen and oxygen atoms in total. The fraction of sp³-hybridized carbons (Fsp3) is 0.0625. The van der Waals surface area contributed by atoms with E-state index in [4.69, 9.17) is 4.98 Å². The highest BCUT2D eigenvalue weighted by atomic mass is 32.1. The minimum Gasteiger partial charge on any atom is -0.353 e. The number of thiophene rings is 1. The monoisotopic (exact) mass is 569 g/mol. The van der Waals surface area contributed by atoms with Gasteiger partial charge in [0.25, 0.3) is 0 Å².